The largest absolute Gasteiger partial charge is 0.480 e. The Kier molecular flexibility index (Phi) is 6.53. The Bertz CT molecular complexity index is 561. The fourth-order valence-electron chi connectivity index (χ4n) is 1.70. The van der Waals surface area contributed by atoms with Gasteiger partial charge in [-0.05, 0) is 35.1 Å². The van der Waals surface area contributed by atoms with Gasteiger partial charge in [-0.1, -0.05) is 19.8 Å². The Morgan fingerprint density at radius 1 is 1.48 bits per heavy atom. The normalized spacial score (nSPS) is 11.7. The summed E-state index contributed by atoms with van der Waals surface area (Å²) >= 11 is 1.88. The standard InChI is InChI=1S/C13H15IN2O5/c1-2-3-4-11(13(18)19)15-12(17)9-7-8(16(20)21)5-6-10(9)14/h5-7,11H,2-4H2,1H3,(H,15,17)(H,18,19). The molecule has 2 N–H and O–H groups in total. The van der Waals surface area contributed by atoms with Crippen molar-refractivity contribution in [2.24, 2.45) is 0 Å². The molecule has 0 saturated carbocycles. The van der Waals surface area contributed by atoms with Gasteiger partial charge in [0.05, 0.1) is 10.5 Å². The van der Waals surface area contributed by atoms with Crippen molar-refractivity contribution in [1.82, 2.24) is 5.32 Å². The van der Waals surface area contributed by atoms with Crippen LogP contribution in [0.3, 0.4) is 0 Å². The van der Waals surface area contributed by atoms with Crippen molar-refractivity contribution in [3.05, 3.63) is 37.4 Å². The second kappa shape index (κ2) is 7.91. The van der Waals surface area contributed by atoms with Crippen molar-refractivity contribution < 1.29 is 19.6 Å². The van der Waals surface area contributed by atoms with E-state index < -0.39 is 22.8 Å². The van der Waals surface area contributed by atoms with E-state index in [9.17, 15) is 19.7 Å². The highest BCUT2D eigenvalue weighted by molar-refractivity contribution is 14.1. The minimum Gasteiger partial charge on any atom is -0.480 e. The molecule has 0 radical (unpaired) electrons. The zero-order chi connectivity index (χ0) is 16.0. The molecule has 8 heteroatoms. The number of nitro benzene ring substituents is 1. The summed E-state index contributed by atoms with van der Waals surface area (Å²) in [6.07, 6.45) is 1.81. The second-order valence-corrected chi connectivity index (χ2v) is 5.59. The fraction of sp³-hybridized carbons (Fsp3) is 0.385. The molecule has 1 aromatic carbocycles. The predicted molar refractivity (Wildman–Crippen MR) is 84.2 cm³/mol. The molecule has 0 aliphatic heterocycles. The number of carboxylic acid groups (broad SMARTS) is 1. The topological polar surface area (TPSA) is 110 Å². The Morgan fingerprint density at radius 2 is 2.14 bits per heavy atom. The fourth-order valence-corrected chi connectivity index (χ4v) is 2.28. The number of nitro groups is 1. The number of amides is 1. The maximum atomic E-state index is 12.1. The van der Waals surface area contributed by atoms with Crippen molar-refractivity contribution in [3.8, 4) is 0 Å². The minimum absolute atomic E-state index is 0.104. The number of carbonyl (C=O) groups excluding carboxylic acids is 1. The Morgan fingerprint density at radius 3 is 2.67 bits per heavy atom. The van der Waals surface area contributed by atoms with E-state index in [1.165, 1.54) is 12.1 Å². The summed E-state index contributed by atoms with van der Waals surface area (Å²) in [5.74, 6) is -1.73. The molecule has 0 bridgehead atoms. The monoisotopic (exact) mass is 406 g/mol. The lowest BCUT2D eigenvalue weighted by atomic mass is 10.1. The SMILES string of the molecule is CCCCC(NC(=O)c1cc([N+](=O)[O-])ccc1I)C(=O)O. The van der Waals surface area contributed by atoms with Gasteiger partial charge >= 0.3 is 5.97 Å². The molecule has 1 amide bonds. The lowest BCUT2D eigenvalue weighted by Gasteiger charge is -2.14. The van der Waals surface area contributed by atoms with Crippen LogP contribution in [-0.2, 0) is 4.79 Å². The number of hydrogen-bond acceptors (Lipinski definition) is 4. The van der Waals surface area contributed by atoms with Gasteiger partial charge in [-0.3, -0.25) is 14.9 Å². The number of halogens is 1. The number of aliphatic carboxylic acids is 1. The summed E-state index contributed by atoms with van der Waals surface area (Å²) in [5.41, 5.74) is -0.103. The molecule has 1 atom stereocenters. The average molecular weight is 406 g/mol. The number of carbonyl (C=O) groups is 2. The third-order valence-corrected chi connectivity index (χ3v) is 3.80. The van der Waals surface area contributed by atoms with Crippen LogP contribution in [0.1, 0.15) is 36.5 Å². The van der Waals surface area contributed by atoms with Gasteiger partial charge in [-0.2, -0.15) is 0 Å². The summed E-state index contributed by atoms with van der Waals surface area (Å²) in [6.45, 7) is 1.92. The van der Waals surface area contributed by atoms with Crippen LogP contribution in [0.5, 0.6) is 0 Å². The third kappa shape index (κ3) is 4.96. The number of unbranched alkanes of at least 4 members (excludes halogenated alkanes) is 1. The first-order valence-electron chi connectivity index (χ1n) is 6.34. The number of nitrogens with one attached hydrogen (secondary N) is 1. The quantitative estimate of drug-likeness (QED) is 0.411. The number of benzene rings is 1. The summed E-state index contributed by atoms with van der Waals surface area (Å²) in [7, 11) is 0. The van der Waals surface area contributed by atoms with Crippen LogP contribution < -0.4 is 5.32 Å². The predicted octanol–water partition coefficient (Wildman–Crippen LogP) is 2.57. The van der Waals surface area contributed by atoms with Gasteiger partial charge < -0.3 is 10.4 Å². The molecule has 0 aliphatic carbocycles. The van der Waals surface area contributed by atoms with E-state index in [-0.39, 0.29) is 11.3 Å². The summed E-state index contributed by atoms with van der Waals surface area (Å²) in [6, 6.07) is 2.91. The first-order chi connectivity index (χ1) is 9.86. The highest BCUT2D eigenvalue weighted by atomic mass is 127. The van der Waals surface area contributed by atoms with Gasteiger partial charge in [0.1, 0.15) is 6.04 Å². The van der Waals surface area contributed by atoms with Crippen LogP contribution in [0.15, 0.2) is 18.2 Å². The molecule has 7 nitrogen and oxygen atoms in total. The Labute approximate surface area is 135 Å². The molecule has 0 fully saturated rings. The van der Waals surface area contributed by atoms with Crippen LogP contribution in [0.4, 0.5) is 5.69 Å². The Balaban J connectivity index is 2.94. The number of carboxylic acids is 1. The first kappa shape index (κ1) is 17.3. The van der Waals surface area contributed by atoms with Crippen molar-refractivity contribution in [2.75, 3.05) is 0 Å². The van der Waals surface area contributed by atoms with Crippen molar-refractivity contribution in [2.45, 2.75) is 32.2 Å². The number of rotatable bonds is 7. The van der Waals surface area contributed by atoms with Crippen LogP contribution in [0, 0.1) is 13.7 Å². The zero-order valence-corrected chi connectivity index (χ0v) is 13.5. The van der Waals surface area contributed by atoms with Crippen molar-refractivity contribution in [1.29, 1.82) is 0 Å². The lowest BCUT2D eigenvalue weighted by molar-refractivity contribution is -0.384. The molecule has 0 aliphatic rings. The van der Waals surface area contributed by atoms with E-state index in [4.69, 9.17) is 5.11 Å². The van der Waals surface area contributed by atoms with Gasteiger partial charge in [-0.15, -0.1) is 0 Å². The van der Waals surface area contributed by atoms with E-state index in [0.29, 0.717) is 16.4 Å². The molecule has 0 spiro atoms. The van der Waals surface area contributed by atoms with Crippen LogP contribution in [-0.4, -0.2) is 27.9 Å². The van der Waals surface area contributed by atoms with E-state index in [1.54, 1.807) is 0 Å². The lowest BCUT2D eigenvalue weighted by Crippen LogP contribution is -2.41. The Hall–Kier alpha value is -1.71. The van der Waals surface area contributed by atoms with E-state index in [0.717, 1.165) is 12.5 Å². The summed E-state index contributed by atoms with van der Waals surface area (Å²) < 4.78 is 0.523. The number of hydrogen-bond donors (Lipinski definition) is 2. The van der Waals surface area contributed by atoms with Crippen LogP contribution in [0.2, 0.25) is 0 Å². The van der Waals surface area contributed by atoms with Crippen LogP contribution in [0.25, 0.3) is 0 Å². The maximum absolute atomic E-state index is 12.1. The smallest absolute Gasteiger partial charge is 0.326 e. The van der Waals surface area contributed by atoms with Gasteiger partial charge in [0, 0.05) is 15.7 Å². The molecule has 1 aromatic rings. The molecular weight excluding hydrogens is 391 g/mol. The summed E-state index contributed by atoms with van der Waals surface area (Å²) in [5, 5.41) is 22.2. The summed E-state index contributed by atoms with van der Waals surface area (Å²) in [4.78, 5) is 33.4. The first-order valence-corrected chi connectivity index (χ1v) is 7.42. The van der Waals surface area contributed by atoms with Crippen molar-refractivity contribution >= 4 is 40.2 Å². The maximum Gasteiger partial charge on any atom is 0.326 e. The second-order valence-electron chi connectivity index (χ2n) is 4.43. The van der Waals surface area contributed by atoms with Gasteiger partial charge in [0.2, 0.25) is 0 Å². The third-order valence-electron chi connectivity index (χ3n) is 2.86. The molecule has 0 saturated heterocycles. The molecule has 21 heavy (non-hydrogen) atoms. The van der Waals surface area contributed by atoms with Crippen LogP contribution >= 0.6 is 22.6 Å². The van der Waals surface area contributed by atoms with Gasteiger partial charge in [0.15, 0.2) is 0 Å². The van der Waals surface area contributed by atoms with E-state index in [1.807, 2.05) is 29.5 Å². The minimum atomic E-state index is -1.11. The van der Waals surface area contributed by atoms with Gasteiger partial charge in [0.25, 0.3) is 11.6 Å². The average Bonchev–Trinajstić information content (AvgIpc) is 2.42. The number of non-ortho nitro benzene ring substituents is 1. The molecule has 1 unspecified atom stereocenters. The zero-order valence-electron chi connectivity index (χ0n) is 11.3. The molecule has 0 heterocycles. The van der Waals surface area contributed by atoms with Crippen molar-refractivity contribution in [3.63, 3.8) is 0 Å². The highest BCUT2D eigenvalue weighted by Crippen LogP contribution is 2.19. The molecule has 1 rings (SSSR count). The van der Waals surface area contributed by atoms with Gasteiger partial charge in [-0.25, -0.2) is 4.79 Å². The highest BCUT2D eigenvalue weighted by Gasteiger charge is 2.22. The molecular formula is C13H15IN2O5. The van der Waals surface area contributed by atoms with E-state index in [2.05, 4.69) is 5.32 Å². The van der Waals surface area contributed by atoms with E-state index >= 15 is 0 Å². The number of nitrogens with zero attached hydrogens (tertiary/aromatic N) is 1. The molecule has 0 aromatic heterocycles. The molecule has 114 valence electrons.